The summed E-state index contributed by atoms with van der Waals surface area (Å²) in [5, 5.41) is 8.63. The van der Waals surface area contributed by atoms with Crippen molar-refractivity contribution in [2.45, 2.75) is 12.8 Å². The zero-order chi connectivity index (χ0) is 15.4. The molecule has 0 aromatic heterocycles. The van der Waals surface area contributed by atoms with E-state index in [9.17, 15) is 9.59 Å². The predicted octanol–water partition coefficient (Wildman–Crippen LogP) is 3.52. The van der Waals surface area contributed by atoms with E-state index >= 15 is 0 Å². The molecule has 21 heavy (non-hydrogen) atoms. The summed E-state index contributed by atoms with van der Waals surface area (Å²) >= 11 is 9.82. The number of aliphatic carboxylic acids is 1. The molecular formula is C14H12BrNO3S2. The predicted molar refractivity (Wildman–Crippen MR) is 90.9 cm³/mol. The minimum atomic E-state index is -0.870. The molecule has 1 amide bonds. The van der Waals surface area contributed by atoms with E-state index in [2.05, 4.69) is 15.9 Å². The van der Waals surface area contributed by atoms with Crippen LogP contribution in [0.5, 0.6) is 0 Å². The fourth-order valence-corrected chi connectivity index (χ4v) is 3.55. The first-order chi connectivity index (χ1) is 9.97. The van der Waals surface area contributed by atoms with Crippen LogP contribution in [0.25, 0.3) is 6.08 Å². The maximum absolute atomic E-state index is 12.3. The van der Waals surface area contributed by atoms with Gasteiger partial charge in [0.05, 0.1) is 4.91 Å². The highest BCUT2D eigenvalue weighted by molar-refractivity contribution is 9.10. The van der Waals surface area contributed by atoms with Gasteiger partial charge in [0.2, 0.25) is 0 Å². The molecule has 0 radical (unpaired) electrons. The van der Waals surface area contributed by atoms with Crippen LogP contribution < -0.4 is 0 Å². The number of hydrogen-bond acceptors (Lipinski definition) is 4. The van der Waals surface area contributed by atoms with Crippen molar-refractivity contribution in [3.63, 3.8) is 0 Å². The van der Waals surface area contributed by atoms with Crippen molar-refractivity contribution >= 4 is 62.2 Å². The Morgan fingerprint density at radius 3 is 2.90 bits per heavy atom. The third kappa shape index (κ3) is 4.39. The van der Waals surface area contributed by atoms with E-state index in [0.717, 1.165) is 10.0 Å². The SMILES string of the molecule is O=C(O)CCCN1C(=O)/C(=C\c2cccc(Br)c2)SC1=S. The van der Waals surface area contributed by atoms with Crippen molar-refractivity contribution in [3.8, 4) is 0 Å². The summed E-state index contributed by atoms with van der Waals surface area (Å²) in [5.41, 5.74) is 0.912. The molecule has 0 bridgehead atoms. The lowest BCUT2D eigenvalue weighted by atomic mass is 10.2. The molecule has 1 saturated heterocycles. The number of thioether (sulfide) groups is 1. The van der Waals surface area contributed by atoms with E-state index in [1.54, 1.807) is 6.08 Å². The van der Waals surface area contributed by atoms with Gasteiger partial charge in [0, 0.05) is 17.4 Å². The standard InChI is InChI=1S/C14H12BrNO3S2/c15-10-4-1-3-9(7-10)8-11-13(19)16(14(20)21-11)6-2-5-12(17)18/h1,3-4,7-8H,2,5-6H2,(H,17,18)/b11-8+. The number of carboxylic acids is 1. The van der Waals surface area contributed by atoms with Crippen LogP contribution in [-0.4, -0.2) is 32.7 Å². The summed E-state index contributed by atoms with van der Waals surface area (Å²) in [6.45, 7) is 0.340. The first-order valence-corrected chi connectivity index (χ1v) is 8.22. The van der Waals surface area contributed by atoms with Crippen LogP contribution in [0.1, 0.15) is 18.4 Å². The fraction of sp³-hybridized carbons (Fsp3) is 0.214. The number of carbonyl (C=O) groups is 2. The lowest BCUT2D eigenvalue weighted by Crippen LogP contribution is -2.29. The second-order valence-electron chi connectivity index (χ2n) is 4.39. The van der Waals surface area contributed by atoms with Crippen molar-refractivity contribution in [3.05, 3.63) is 39.2 Å². The monoisotopic (exact) mass is 385 g/mol. The van der Waals surface area contributed by atoms with E-state index in [4.69, 9.17) is 17.3 Å². The molecule has 1 aromatic carbocycles. The molecule has 0 atom stereocenters. The zero-order valence-corrected chi connectivity index (χ0v) is 14.1. The van der Waals surface area contributed by atoms with E-state index in [1.807, 2.05) is 24.3 Å². The molecule has 1 fully saturated rings. The average molecular weight is 386 g/mol. The molecule has 4 nitrogen and oxygen atoms in total. The molecule has 0 spiro atoms. The number of nitrogens with zero attached hydrogens (tertiary/aromatic N) is 1. The van der Waals surface area contributed by atoms with E-state index in [0.29, 0.717) is 22.2 Å². The summed E-state index contributed by atoms with van der Waals surface area (Å²) < 4.78 is 1.42. The van der Waals surface area contributed by atoms with Gasteiger partial charge in [-0.3, -0.25) is 14.5 Å². The number of hydrogen-bond donors (Lipinski definition) is 1. The average Bonchev–Trinajstić information content (AvgIpc) is 2.66. The number of carboxylic acid groups (broad SMARTS) is 1. The van der Waals surface area contributed by atoms with Gasteiger partial charge in [-0.05, 0) is 30.2 Å². The molecule has 2 rings (SSSR count). The summed E-state index contributed by atoms with van der Waals surface area (Å²) in [5.74, 6) is -1.03. The Kier molecular flexibility index (Phi) is 5.55. The lowest BCUT2D eigenvalue weighted by Gasteiger charge is -2.13. The van der Waals surface area contributed by atoms with Crippen LogP contribution in [0.2, 0.25) is 0 Å². The van der Waals surface area contributed by atoms with Crippen LogP contribution in [0.15, 0.2) is 33.6 Å². The second kappa shape index (κ2) is 7.20. The first kappa shape index (κ1) is 16.2. The van der Waals surface area contributed by atoms with Crippen molar-refractivity contribution in [2.24, 2.45) is 0 Å². The van der Waals surface area contributed by atoms with Crippen LogP contribution in [-0.2, 0) is 9.59 Å². The molecule has 1 aromatic rings. The third-order valence-electron chi connectivity index (χ3n) is 2.79. The van der Waals surface area contributed by atoms with E-state index < -0.39 is 5.97 Å². The normalized spacial score (nSPS) is 16.8. The van der Waals surface area contributed by atoms with Gasteiger partial charge < -0.3 is 5.11 Å². The molecule has 0 aliphatic carbocycles. The minimum Gasteiger partial charge on any atom is -0.481 e. The van der Waals surface area contributed by atoms with Crippen molar-refractivity contribution in [1.29, 1.82) is 0 Å². The van der Waals surface area contributed by atoms with Crippen LogP contribution in [0.3, 0.4) is 0 Å². The van der Waals surface area contributed by atoms with Gasteiger partial charge in [-0.2, -0.15) is 0 Å². The lowest BCUT2D eigenvalue weighted by molar-refractivity contribution is -0.137. The minimum absolute atomic E-state index is 0.0295. The Morgan fingerprint density at radius 1 is 1.48 bits per heavy atom. The fourth-order valence-electron chi connectivity index (χ4n) is 1.83. The highest BCUT2D eigenvalue weighted by Crippen LogP contribution is 2.32. The second-order valence-corrected chi connectivity index (χ2v) is 6.98. The van der Waals surface area contributed by atoms with Gasteiger partial charge in [-0.25, -0.2) is 0 Å². The Hall–Kier alpha value is -1.18. The number of rotatable bonds is 5. The van der Waals surface area contributed by atoms with Gasteiger partial charge in [0.15, 0.2) is 0 Å². The Bertz CT molecular complexity index is 630. The number of amides is 1. The molecule has 1 aliphatic heterocycles. The van der Waals surface area contributed by atoms with Gasteiger partial charge in [-0.15, -0.1) is 0 Å². The smallest absolute Gasteiger partial charge is 0.303 e. The Balaban J connectivity index is 2.08. The zero-order valence-electron chi connectivity index (χ0n) is 10.9. The number of benzene rings is 1. The summed E-state index contributed by atoms with van der Waals surface area (Å²) in [6.07, 6.45) is 2.22. The van der Waals surface area contributed by atoms with Crippen LogP contribution >= 0.6 is 39.9 Å². The highest BCUT2D eigenvalue weighted by atomic mass is 79.9. The molecule has 1 N–H and O–H groups in total. The summed E-state index contributed by atoms with van der Waals surface area (Å²) in [4.78, 5) is 24.8. The Morgan fingerprint density at radius 2 is 2.24 bits per heavy atom. The number of halogens is 1. The van der Waals surface area contributed by atoms with Crippen LogP contribution in [0, 0.1) is 0 Å². The molecule has 1 heterocycles. The number of carbonyl (C=O) groups excluding carboxylic acids is 1. The van der Waals surface area contributed by atoms with Gasteiger partial charge >= 0.3 is 5.97 Å². The maximum Gasteiger partial charge on any atom is 0.303 e. The summed E-state index contributed by atoms with van der Waals surface area (Å²) in [6, 6.07) is 7.62. The quantitative estimate of drug-likeness (QED) is 0.620. The molecule has 0 saturated carbocycles. The molecule has 1 aliphatic rings. The van der Waals surface area contributed by atoms with Gasteiger partial charge in [0.25, 0.3) is 5.91 Å². The molecule has 7 heteroatoms. The van der Waals surface area contributed by atoms with E-state index in [1.165, 1.54) is 16.7 Å². The van der Waals surface area contributed by atoms with Crippen LogP contribution in [0.4, 0.5) is 0 Å². The summed E-state index contributed by atoms with van der Waals surface area (Å²) in [7, 11) is 0. The first-order valence-electron chi connectivity index (χ1n) is 6.20. The van der Waals surface area contributed by atoms with Gasteiger partial charge in [0.1, 0.15) is 4.32 Å². The number of thiocarbonyl (C=S) groups is 1. The topological polar surface area (TPSA) is 57.6 Å². The molecule has 110 valence electrons. The third-order valence-corrected chi connectivity index (χ3v) is 4.66. The largest absolute Gasteiger partial charge is 0.481 e. The molecular weight excluding hydrogens is 374 g/mol. The molecule has 0 unspecified atom stereocenters. The maximum atomic E-state index is 12.3. The van der Waals surface area contributed by atoms with Crippen molar-refractivity contribution < 1.29 is 14.7 Å². The highest BCUT2D eigenvalue weighted by Gasteiger charge is 2.31. The Labute approximate surface area is 140 Å². The van der Waals surface area contributed by atoms with Gasteiger partial charge in [-0.1, -0.05) is 52.0 Å². The van der Waals surface area contributed by atoms with Crippen molar-refractivity contribution in [2.75, 3.05) is 6.54 Å². The van der Waals surface area contributed by atoms with E-state index in [-0.39, 0.29) is 12.3 Å². The van der Waals surface area contributed by atoms with Crippen molar-refractivity contribution in [1.82, 2.24) is 4.90 Å².